The van der Waals surface area contributed by atoms with Crippen LogP contribution in [0.3, 0.4) is 0 Å². The highest BCUT2D eigenvalue weighted by atomic mass is 32.2. The summed E-state index contributed by atoms with van der Waals surface area (Å²) in [4.78, 5) is 29.2. The quantitative estimate of drug-likeness (QED) is 0.734. The van der Waals surface area contributed by atoms with Gasteiger partial charge in [-0.1, -0.05) is 18.2 Å². The summed E-state index contributed by atoms with van der Waals surface area (Å²) in [5.41, 5.74) is 0. The summed E-state index contributed by atoms with van der Waals surface area (Å²) in [6.07, 6.45) is 2.94. The smallest absolute Gasteiger partial charge is 0.289 e. The highest BCUT2D eigenvalue weighted by Gasteiger charge is 2.35. The number of benzene rings is 1. The first-order valence-corrected chi connectivity index (χ1v) is 11.6. The van der Waals surface area contributed by atoms with Crippen LogP contribution in [0.25, 0.3) is 0 Å². The number of sulfonamides is 1. The molecule has 3 heterocycles. The number of rotatable bonds is 4. The van der Waals surface area contributed by atoms with Crippen LogP contribution in [0.5, 0.6) is 0 Å². The van der Waals surface area contributed by atoms with E-state index in [1.807, 2.05) is 0 Å². The van der Waals surface area contributed by atoms with Gasteiger partial charge in [0.05, 0.1) is 17.1 Å². The molecule has 9 heteroatoms. The minimum atomic E-state index is -3.55. The Morgan fingerprint density at radius 2 is 1.63 bits per heavy atom. The Balaban J connectivity index is 1.35. The number of piperazine rings is 1. The van der Waals surface area contributed by atoms with Crippen LogP contribution in [0.4, 0.5) is 0 Å². The molecule has 0 bridgehead atoms. The Morgan fingerprint density at radius 3 is 2.30 bits per heavy atom. The van der Waals surface area contributed by atoms with Crippen LogP contribution in [-0.2, 0) is 14.8 Å². The van der Waals surface area contributed by atoms with E-state index in [0.29, 0.717) is 26.2 Å². The maximum atomic E-state index is 13.0. The lowest BCUT2D eigenvalue weighted by Gasteiger charge is -2.38. The minimum absolute atomic E-state index is 0.0105. The maximum Gasteiger partial charge on any atom is 0.289 e. The lowest BCUT2D eigenvalue weighted by atomic mass is 9.96. The standard InChI is InChI=1S/C21H25N3O5S/c25-20(17-6-4-10-23(16-17)21(26)19-9-5-15-29-19)22-11-13-24(14-12-22)30(27,28)18-7-2-1-3-8-18/h1-3,5,7-9,15,17H,4,6,10-14,16H2/t17-/m0/s1. The van der Waals surface area contributed by atoms with Crippen LogP contribution < -0.4 is 0 Å². The average Bonchev–Trinajstić information content (AvgIpc) is 3.34. The maximum absolute atomic E-state index is 13.0. The molecule has 1 atom stereocenters. The molecule has 2 saturated heterocycles. The Labute approximate surface area is 176 Å². The van der Waals surface area contributed by atoms with Crippen molar-refractivity contribution >= 4 is 21.8 Å². The van der Waals surface area contributed by atoms with Crippen molar-refractivity contribution in [3.8, 4) is 0 Å². The second-order valence-electron chi connectivity index (χ2n) is 7.61. The molecule has 30 heavy (non-hydrogen) atoms. The van der Waals surface area contributed by atoms with Gasteiger partial charge < -0.3 is 14.2 Å². The third-order valence-electron chi connectivity index (χ3n) is 5.72. The Hall–Kier alpha value is -2.65. The van der Waals surface area contributed by atoms with Gasteiger partial charge in [0.1, 0.15) is 0 Å². The normalized spacial score (nSPS) is 20.9. The molecule has 1 aromatic heterocycles. The van der Waals surface area contributed by atoms with Gasteiger partial charge in [-0.15, -0.1) is 0 Å². The van der Waals surface area contributed by atoms with Gasteiger partial charge in [-0.2, -0.15) is 4.31 Å². The van der Waals surface area contributed by atoms with Crippen molar-refractivity contribution in [2.75, 3.05) is 39.3 Å². The van der Waals surface area contributed by atoms with E-state index in [9.17, 15) is 18.0 Å². The van der Waals surface area contributed by atoms with Crippen molar-refractivity contribution in [2.24, 2.45) is 5.92 Å². The second-order valence-corrected chi connectivity index (χ2v) is 9.55. The van der Waals surface area contributed by atoms with Gasteiger partial charge in [-0.05, 0) is 37.1 Å². The van der Waals surface area contributed by atoms with Crippen molar-refractivity contribution in [1.29, 1.82) is 0 Å². The van der Waals surface area contributed by atoms with E-state index in [0.717, 1.165) is 12.8 Å². The first-order chi connectivity index (χ1) is 14.5. The molecule has 4 rings (SSSR count). The number of carbonyl (C=O) groups excluding carboxylic acids is 2. The molecule has 0 unspecified atom stereocenters. The number of hydrogen-bond donors (Lipinski definition) is 0. The average molecular weight is 432 g/mol. The first-order valence-electron chi connectivity index (χ1n) is 10.1. The molecule has 1 aromatic carbocycles. The number of hydrogen-bond acceptors (Lipinski definition) is 5. The molecule has 2 aromatic rings. The molecular weight excluding hydrogens is 406 g/mol. The first kappa shape index (κ1) is 20.6. The Morgan fingerprint density at radius 1 is 0.900 bits per heavy atom. The second kappa shape index (κ2) is 8.61. The number of piperidine rings is 1. The fraction of sp³-hybridized carbons (Fsp3) is 0.429. The van der Waals surface area contributed by atoms with Gasteiger partial charge in [0.15, 0.2) is 5.76 Å². The third kappa shape index (κ3) is 4.13. The molecule has 0 N–H and O–H groups in total. The molecule has 0 spiro atoms. The summed E-state index contributed by atoms with van der Waals surface area (Å²) in [5, 5.41) is 0. The van der Waals surface area contributed by atoms with E-state index >= 15 is 0 Å². The van der Waals surface area contributed by atoms with Crippen LogP contribution in [0.15, 0.2) is 58.0 Å². The summed E-state index contributed by atoms with van der Waals surface area (Å²) < 4.78 is 32.2. The lowest BCUT2D eigenvalue weighted by molar-refractivity contribution is -0.138. The van der Waals surface area contributed by atoms with Crippen molar-refractivity contribution in [3.63, 3.8) is 0 Å². The Bertz CT molecular complexity index is 983. The highest BCUT2D eigenvalue weighted by Crippen LogP contribution is 2.23. The van der Waals surface area contributed by atoms with Gasteiger partial charge in [0, 0.05) is 39.3 Å². The summed E-state index contributed by atoms with van der Waals surface area (Å²) in [6.45, 7) is 2.21. The van der Waals surface area contributed by atoms with Crippen LogP contribution in [0.2, 0.25) is 0 Å². The number of furan rings is 1. The fourth-order valence-electron chi connectivity index (χ4n) is 4.07. The molecular formula is C21H25N3O5S. The van der Waals surface area contributed by atoms with E-state index < -0.39 is 10.0 Å². The number of nitrogens with zero attached hydrogens (tertiary/aromatic N) is 3. The molecule has 2 fully saturated rings. The highest BCUT2D eigenvalue weighted by molar-refractivity contribution is 7.89. The van der Waals surface area contributed by atoms with Gasteiger partial charge in [-0.25, -0.2) is 8.42 Å². The zero-order valence-electron chi connectivity index (χ0n) is 16.6. The minimum Gasteiger partial charge on any atom is -0.459 e. The monoisotopic (exact) mass is 431 g/mol. The van der Waals surface area contributed by atoms with Crippen molar-refractivity contribution in [3.05, 3.63) is 54.5 Å². The van der Waals surface area contributed by atoms with E-state index in [-0.39, 0.29) is 41.5 Å². The van der Waals surface area contributed by atoms with Crippen LogP contribution in [-0.4, -0.2) is 73.6 Å². The number of likely N-dealkylation sites (tertiary alicyclic amines) is 1. The van der Waals surface area contributed by atoms with Crippen LogP contribution >= 0.6 is 0 Å². The molecule has 2 amide bonds. The van der Waals surface area contributed by atoms with Gasteiger partial charge in [-0.3, -0.25) is 9.59 Å². The molecule has 0 radical (unpaired) electrons. The number of amides is 2. The van der Waals surface area contributed by atoms with Crippen molar-refractivity contribution in [1.82, 2.24) is 14.1 Å². The molecule has 2 aliphatic rings. The van der Waals surface area contributed by atoms with Crippen LogP contribution in [0.1, 0.15) is 23.4 Å². The zero-order chi connectivity index (χ0) is 21.1. The van der Waals surface area contributed by atoms with Crippen molar-refractivity contribution in [2.45, 2.75) is 17.7 Å². The van der Waals surface area contributed by atoms with Gasteiger partial charge in [0.25, 0.3) is 5.91 Å². The molecule has 2 aliphatic heterocycles. The molecule has 0 aliphatic carbocycles. The zero-order valence-corrected chi connectivity index (χ0v) is 17.5. The van der Waals surface area contributed by atoms with E-state index in [4.69, 9.17) is 4.42 Å². The lowest BCUT2D eigenvalue weighted by Crippen LogP contribution is -2.54. The fourth-order valence-corrected chi connectivity index (χ4v) is 5.51. The summed E-state index contributed by atoms with van der Waals surface area (Å²) in [6, 6.07) is 11.6. The topological polar surface area (TPSA) is 91.1 Å². The SMILES string of the molecule is O=C(c1ccco1)N1CCC[C@H](C(=O)N2CCN(S(=O)(=O)c3ccccc3)CC2)C1. The third-order valence-corrected chi connectivity index (χ3v) is 7.63. The summed E-state index contributed by atoms with van der Waals surface area (Å²) >= 11 is 0. The van der Waals surface area contributed by atoms with E-state index in [1.54, 1.807) is 52.3 Å². The predicted molar refractivity (Wildman–Crippen MR) is 109 cm³/mol. The predicted octanol–water partition coefficient (Wildman–Crippen LogP) is 1.66. The summed E-state index contributed by atoms with van der Waals surface area (Å²) in [5.74, 6) is -0.197. The van der Waals surface area contributed by atoms with Crippen molar-refractivity contribution < 1.29 is 22.4 Å². The summed E-state index contributed by atoms with van der Waals surface area (Å²) in [7, 11) is -3.55. The largest absolute Gasteiger partial charge is 0.459 e. The van der Waals surface area contributed by atoms with Crippen LogP contribution in [0, 0.1) is 5.92 Å². The van der Waals surface area contributed by atoms with E-state index in [1.165, 1.54) is 10.6 Å². The Kier molecular flexibility index (Phi) is 5.92. The molecule has 0 saturated carbocycles. The number of carbonyl (C=O) groups is 2. The molecule has 160 valence electrons. The van der Waals surface area contributed by atoms with Gasteiger partial charge >= 0.3 is 0 Å². The van der Waals surface area contributed by atoms with Gasteiger partial charge in [0.2, 0.25) is 15.9 Å². The van der Waals surface area contributed by atoms with E-state index in [2.05, 4.69) is 0 Å². The molecule has 8 nitrogen and oxygen atoms in total.